The van der Waals surface area contributed by atoms with Crippen molar-refractivity contribution in [3.05, 3.63) is 23.3 Å². The van der Waals surface area contributed by atoms with Crippen molar-refractivity contribution >= 4 is 41.8 Å². The standard InChI is InChI=1S/C35H54O15/c1-10-19(2)11-20(3)12-21(4)13-22(5)14-23(6)15-27(31(39)40)16-24(7)33(43)50-30(32(41)42)28(34(44)48-17-46-25(8)36)29(38)35(45)49-18-47-26(9)37/h14-15,19-22,24,28-30,38H,10-13,16-18H2,1-9H3,(H,39,40)(H,41,42). The Hall–Kier alpha value is -4.27. The maximum atomic E-state index is 13.0. The number of aliphatic hydroxyl groups is 1. The molecule has 0 aliphatic carbocycles. The molecule has 0 bridgehead atoms. The van der Waals surface area contributed by atoms with Crippen LogP contribution in [0.15, 0.2) is 23.3 Å². The van der Waals surface area contributed by atoms with E-state index in [1.807, 2.05) is 13.0 Å². The minimum Gasteiger partial charge on any atom is -0.478 e. The smallest absolute Gasteiger partial charge is 0.346 e. The fourth-order valence-electron chi connectivity index (χ4n) is 5.43. The number of aliphatic carboxylic acids is 2. The second kappa shape index (κ2) is 23.2. The minimum absolute atomic E-state index is 0.135. The molecule has 3 N–H and O–H groups in total. The number of carbonyl (C=O) groups is 7. The van der Waals surface area contributed by atoms with Crippen LogP contribution in [0.1, 0.15) is 94.4 Å². The Morgan fingerprint density at radius 3 is 1.66 bits per heavy atom. The van der Waals surface area contributed by atoms with Crippen molar-refractivity contribution < 1.29 is 72.6 Å². The molecule has 0 amide bonds. The summed E-state index contributed by atoms with van der Waals surface area (Å²) in [5.74, 6) is -11.5. The molecular formula is C35H54O15. The molecule has 0 radical (unpaired) electrons. The Morgan fingerprint density at radius 2 is 1.18 bits per heavy atom. The minimum atomic E-state index is -2.63. The SMILES string of the molecule is CCC(C)CC(C)CC(C)CC(C)C=C(C)C=C(CC(C)C(=O)OC(C(=O)O)C(C(=O)OCOC(C)=O)C(O)C(=O)OCOC(C)=O)C(=O)O. The molecule has 0 saturated carbocycles. The van der Waals surface area contributed by atoms with Gasteiger partial charge in [0.1, 0.15) is 5.92 Å². The second-order valence-electron chi connectivity index (χ2n) is 13.0. The van der Waals surface area contributed by atoms with Gasteiger partial charge < -0.3 is 39.0 Å². The van der Waals surface area contributed by atoms with E-state index in [0.29, 0.717) is 23.3 Å². The van der Waals surface area contributed by atoms with Gasteiger partial charge in [-0.2, -0.15) is 0 Å². The topological polar surface area (TPSA) is 226 Å². The summed E-state index contributed by atoms with van der Waals surface area (Å²) < 4.78 is 23.1. The van der Waals surface area contributed by atoms with Crippen molar-refractivity contribution in [3.8, 4) is 0 Å². The Balaban J connectivity index is 5.93. The number of aliphatic hydroxyl groups excluding tert-OH is 1. The van der Waals surface area contributed by atoms with E-state index in [1.165, 1.54) is 13.0 Å². The molecule has 0 aliphatic rings. The van der Waals surface area contributed by atoms with Gasteiger partial charge in [0.25, 0.3) is 0 Å². The number of ether oxygens (including phenoxy) is 5. The largest absolute Gasteiger partial charge is 0.478 e. The van der Waals surface area contributed by atoms with E-state index in [4.69, 9.17) is 4.74 Å². The molecule has 0 rings (SSSR count). The molecule has 0 aromatic heterocycles. The number of hydrogen-bond acceptors (Lipinski definition) is 13. The third kappa shape index (κ3) is 18.5. The number of rotatable bonds is 23. The number of carbonyl (C=O) groups excluding carboxylic acids is 5. The fourth-order valence-corrected chi connectivity index (χ4v) is 5.43. The normalized spacial score (nSPS) is 16.7. The van der Waals surface area contributed by atoms with E-state index in [1.54, 1.807) is 6.92 Å². The summed E-state index contributed by atoms with van der Waals surface area (Å²) in [6, 6.07) is 0. The number of esters is 5. The summed E-state index contributed by atoms with van der Waals surface area (Å²) in [6.07, 6.45) is 2.03. The highest BCUT2D eigenvalue weighted by Crippen LogP contribution is 2.27. The van der Waals surface area contributed by atoms with Crippen LogP contribution in [0, 0.1) is 35.5 Å². The first-order valence-electron chi connectivity index (χ1n) is 16.5. The van der Waals surface area contributed by atoms with E-state index >= 15 is 0 Å². The molecule has 0 fully saturated rings. The average molecular weight is 715 g/mol. The molecule has 15 nitrogen and oxygen atoms in total. The van der Waals surface area contributed by atoms with Crippen LogP contribution in [0.4, 0.5) is 0 Å². The number of allylic oxidation sites excluding steroid dienone is 3. The maximum absolute atomic E-state index is 13.0. The lowest BCUT2D eigenvalue weighted by Crippen LogP contribution is -2.49. The van der Waals surface area contributed by atoms with E-state index in [-0.39, 0.29) is 11.5 Å². The van der Waals surface area contributed by atoms with Gasteiger partial charge in [0.15, 0.2) is 6.10 Å². The maximum Gasteiger partial charge on any atom is 0.346 e. The third-order valence-electron chi connectivity index (χ3n) is 7.83. The van der Waals surface area contributed by atoms with Crippen molar-refractivity contribution in [2.75, 3.05) is 13.6 Å². The van der Waals surface area contributed by atoms with Gasteiger partial charge >= 0.3 is 41.8 Å². The van der Waals surface area contributed by atoms with Crippen molar-refractivity contribution in [1.82, 2.24) is 0 Å². The lowest BCUT2D eigenvalue weighted by molar-refractivity contribution is -0.195. The zero-order chi connectivity index (χ0) is 38.7. The van der Waals surface area contributed by atoms with Gasteiger partial charge in [0.05, 0.1) is 5.92 Å². The molecule has 0 saturated heterocycles. The van der Waals surface area contributed by atoms with E-state index in [0.717, 1.165) is 39.5 Å². The zero-order valence-corrected chi connectivity index (χ0v) is 30.5. The third-order valence-corrected chi connectivity index (χ3v) is 7.83. The zero-order valence-electron chi connectivity index (χ0n) is 30.5. The summed E-state index contributed by atoms with van der Waals surface area (Å²) in [6.45, 7) is 13.8. The lowest BCUT2D eigenvalue weighted by Gasteiger charge is -2.26. The first-order valence-corrected chi connectivity index (χ1v) is 16.5. The molecule has 284 valence electrons. The van der Waals surface area contributed by atoms with Crippen LogP contribution < -0.4 is 0 Å². The van der Waals surface area contributed by atoms with Gasteiger partial charge in [0.2, 0.25) is 19.7 Å². The Labute approximate surface area is 293 Å². The molecule has 15 heteroatoms. The van der Waals surface area contributed by atoms with Crippen LogP contribution in [-0.2, 0) is 57.2 Å². The van der Waals surface area contributed by atoms with Crippen LogP contribution >= 0.6 is 0 Å². The summed E-state index contributed by atoms with van der Waals surface area (Å²) in [4.78, 5) is 84.5. The molecular weight excluding hydrogens is 660 g/mol. The molecule has 0 heterocycles. The lowest BCUT2D eigenvalue weighted by atomic mass is 9.84. The quantitative estimate of drug-likeness (QED) is 0.0443. The van der Waals surface area contributed by atoms with Gasteiger partial charge in [-0.05, 0) is 62.4 Å². The van der Waals surface area contributed by atoms with Crippen molar-refractivity contribution in [3.63, 3.8) is 0 Å². The Kier molecular flexibility index (Phi) is 21.2. The average Bonchev–Trinajstić information content (AvgIpc) is 2.98. The molecule has 50 heavy (non-hydrogen) atoms. The highest BCUT2D eigenvalue weighted by molar-refractivity contribution is 5.91. The van der Waals surface area contributed by atoms with E-state index in [2.05, 4.69) is 46.6 Å². The number of carboxylic acid groups (broad SMARTS) is 2. The summed E-state index contributed by atoms with van der Waals surface area (Å²) in [7, 11) is 0. The molecule has 8 atom stereocenters. The van der Waals surface area contributed by atoms with Crippen LogP contribution in [0.3, 0.4) is 0 Å². The second-order valence-corrected chi connectivity index (χ2v) is 13.0. The first-order chi connectivity index (χ1) is 23.2. The Morgan fingerprint density at radius 1 is 0.680 bits per heavy atom. The Bertz CT molecular complexity index is 1240. The van der Waals surface area contributed by atoms with Crippen molar-refractivity contribution in [2.45, 2.75) is 107 Å². The molecule has 0 aliphatic heterocycles. The van der Waals surface area contributed by atoms with Crippen molar-refractivity contribution in [2.24, 2.45) is 35.5 Å². The van der Waals surface area contributed by atoms with Crippen LogP contribution in [0.2, 0.25) is 0 Å². The molecule has 8 unspecified atom stereocenters. The summed E-state index contributed by atoms with van der Waals surface area (Å²) in [5.41, 5.74) is 0.466. The van der Waals surface area contributed by atoms with Gasteiger partial charge in [-0.15, -0.1) is 0 Å². The highest BCUT2D eigenvalue weighted by Gasteiger charge is 2.47. The first kappa shape index (κ1) is 45.7. The molecule has 0 aromatic carbocycles. The van der Waals surface area contributed by atoms with Crippen LogP contribution in [-0.4, -0.2) is 82.9 Å². The van der Waals surface area contributed by atoms with Crippen LogP contribution in [0.25, 0.3) is 0 Å². The molecule has 0 spiro atoms. The molecule has 0 aromatic rings. The summed E-state index contributed by atoms with van der Waals surface area (Å²) >= 11 is 0. The van der Waals surface area contributed by atoms with Crippen molar-refractivity contribution in [1.29, 1.82) is 0 Å². The number of carboxylic acids is 2. The van der Waals surface area contributed by atoms with Gasteiger partial charge in [0, 0.05) is 19.4 Å². The monoisotopic (exact) mass is 714 g/mol. The van der Waals surface area contributed by atoms with Gasteiger partial charge in [-0.25, -0.2) is 14.4 Å². The van der Waals surface area contributed by atoms with Crippen LogP contribution in [0.5, 0.6) is 0 Å². The predicted octanol–water partition coefficient (Wildman–Crippen LogP) is 4.20. The van der Waals surface area contributed by atoms with E-state index in [9.17, 15) is 48.9 Å². The predicted molar refractivity (Wildman–Crippen MR) is 177 cm³/mol. The highest BCUT2D eigenvalue weighted by atomic mass is 16.7. The summed E-state index contributed by atoms with van der Waals surface area (Å²) in [5, 5.41) is 30.2. The number of hydrogen-bond donors (Lipinski definition) is 3. The van der Waals surface area contributed by atoms with E-state index < -0.39 is 85.8 Å². The van der Waals surface area contributed by atoms with Gasteiger partial charge in [-0.1, -0.05) is 59.6 Å². The van der Waals surface area contributed by atoms with Gasteiger partial charge in [-0.3, -0.25) is 19.2 Å². The fraction of sp³-hybridized carbons (Fsp3) is 0.686.